The second-order valence-electron chi connectivity index (χ2n) is 6.11. The molecule has 0 spiro atoms. The summed E-state index contributed by atoms with van der Waals surface area (Å²) in [5, 5.41) is 7.90. The van der Waals surface area contributed by atoms with E-state index in [0.717, 1.165) is 17.4 Å². The number of hydrogen-bond acceptors (Lipinski definition) is 2. The molecular weight excluding hydrogens is 290 g/mol. The van der Waals surface area contributed by atoms with E-state index in [-0.39, 0.29) is 0 Å². The Balaban J connectivity index is 2.90. The zero-order valence-electron chi connectivity index (χ0n) is 12.4. The minimum absolute atomic E-state index is 0.332. The van der Waals surface area contributed by atoms with Crippen LogP contribution >= 0.6 is 15.9 Å². The Bertz CT molecular complexity index is 359. The van der Waals surface area contributed by atoms with Gasteiger partial charge in [0.2, 0.25) is 0 Å². The van der Waals surface area contributed by atoms with Crippen LogP contribution in [0.25, 0.3) is 0 Å². The van der Waals surface area contributed by atoms with Gasteiger partial charge in [0, 0.05) is 7.05 Å². The van der Waals surface area contributed by atoms with Crippen molar-refractivity contribution >= 4 is 15.9 Å². The van der Waals surface area contributed by atoms with Crippen molar-refractivity contribution in [2.75, 3.05) is 6.54 Å². The number of aryl methyl sites for hydroxylation is 1. The molecular formula is C14H26BrN3. The van der Waals surface area contributed by atoms with E-state index in [4.69, 9.17) is 0 Å². The fourth-order valence-electron chi connectivity index (χ4n) is 2.06. The fraction of sp³-hybridized carbons (Fsp3) is 0.786. The molecule has 0 saturated heterocycles. The van der Waals surface area contributed by atoms with E-state index in [1.165, 1.54) is 5.69 Å². The lowest BCUT2D eigenvalue weighted by atomic mass is 9.78. The van der Waals surface area contributed by atoms with Gasteiger partial charge < -0.3 is 5.32 Å². The zero-order valence-corrected chi connectivity index (χ0v) is 14.0. The average molecular weight is 316 g/mol. The quantitative estimate of drug-likeness (QED) is 0.893. The van der Waals surface area contributed by atoms with Gasteiger partial charge in [-0.15, -0.1) is 0 Å². The molecule has 0 fully saturated rings. The number of aromatic nitrogens is 2. The predicted molar refractivity (Wildman–Crippen MR) is 80.6 cm³/mol. The highest BCUT2D eigenvalue weighted by Crippen LogP contribution is 2.35. The normalized spacial score (nSPS) is 15.7. The minimum atomic E-state index is 0.332. The van der Waals surface area contributed by atoms with E-state index >= 15 is 0 Å². The van der Waals surface area contributed by atoms with Crippen molar-refractivity contribution in [3.8, 4) is 0 Å². The predicted octanol–water partition coefficient (Wildman–Crippen LogP) is 3.91. The highest BCUT2D eigenvalue weighted by Gasteiger charge is 2.26. The van der Waals surface area contributed by atoms with E-state index in [1.807, 2.05) is 17.9 Å². The molecule has 3 nitrogen and oxygen atoms in total. The van der Waals surface area contributed by atoms with Crippen LogP contribution in [0.4, 0.5) is 0 Å². The first-order valence-corrected chi connectivity index (χ1v) is 7.47. The monoisotopic (exact) mass is 315 g/mol. The second-order valence-corrected chi connectivity index (χ2v) is 6.97. The standard InChI is InChI=1S/C14H26BrN3/c1-7-16-12(8-10(2)14(3,4)5)13-11(15)9-17-18(13)6/h9-10,12,16H,7-8H2,1-6H3. The molecule has 0 aliphatic carbocycles. The molecule has 0 radical (unpaired) electrons. The number of halogens is 1. The molecule has 1 aromatic heterocycles. The maximum absolute atomic E-state index is 4.32. The SMILES string of the molecule is CCNC(CC(C)C(C)(C)C)c1c(Br)cnn1C. The van der Waals surface area contributed by atoms with Crippen molar-refractivity contribution in [1.82, 2.24) is 15.1 Å². The van der Waals surface area contributed by atoms with Gasteiger partial charge in [-0.25, -0.2) is 0 Å². The summed E-state index contributed by atoms with van der Waals surface area (Å²) in [6, 6.07) is 0.353. The van der Waals surface area contributed by atoms with Crippen LogP contribution in [0.1, 0.15) is 52.8 Å². The van der Waals surface area contributed by atoms with Gasteiger partial charge in [-0.1, -0.05) is 34.6 Å². The van der Waals surface area contributed by atoms with E-state index in [9.17, 15) is 0 Å². The van der Waals surface area contributed by atoms with Crippen LogP contribution in [-0.2, 0) is 7.05 Å². The lowest BCUT2D eigenvalue weighted by Crippen LogP contribution is -2.29. The summed E-state index contributed by atoms with van der Waals surface area (Å²) in [5.41, 5.74) is 1.58. The Morgan fingerprint density at radius 3 is 2.44 bits per heavy atom. The van der Waals surface area contributed by atoms with E-state index in [0.29, 0.717) is 17.4 Å². The van der Waals surface area contributed by atoms with Crippen LogP contribution in [0.3, 0.4) is 0 Å². The summed E-state index contributed by atoms with van der Waals surface area (Å²) in [4.78, 5) is 0. The van der Waals surface area contributed by atoms with Crippen molar-refractivity contribution in [3.05, 3.63) is 16.4 Å². The molecule has 0 amide bonds. The van der Waals surface area contributed by atoms with Gasteiger partial charge in [0.1, 0.15) is 0 Å². The molecule has 1 heterocycles. The maximum Gasteiger partial charge on any atom is 0.0692 e. The molecule has 1 N–H and O–H groups in total. The van der Waals surface area contributed by atoms with Crippen LogP contribution in [0.5, 0.6) is 0 Å². The molecule has 1 aromatic rings. The van der Waals surface area contributed by atoms with Crippen LogP contribution in [0.15, 0.2) is 10.7 Å². The third kappa shape index (κ3) is 3.82. The summed E-state index contributed by atoms with van der Waals surface area (Å²) >= 11 is 3.60. The maximum atomic E-state index is 4.32. The fourth-order valence-corrected chi connectivity index (χ4v) is 2.68. The summed E-state index contributed by atoms with van der Waals surface area (Å²) < 4.78 is 3.06. The number of nitrogens with one attached hydrogen (secondary N) is 1. The van der Waals surface area contributed by atoms with Gasteiger partial charge in [0.25, 0.3) is 0 Å². The molecule has 0 aliphatic heterocycles. The van der Waals surface area contributed by atoms with Gasteiger partial charge in [-0.05, 0) is 40.2 Å². The van der Waals surface area contributed by atoms with Crippen LogP contribution in [-0.4, -0.2) is 16.3 Å². The van der Waals surface area contributed by atoms with Crippen molar-refractivity contribution in [3.63, 3.8) is 0 Å². The molecule has 4 heteroatoms. The molecule has 2 atom stereocenters. The molecule has 104 valence electrons. The van der Waals surface area contributed by atoms with Gasteiger partial charge in [-0.3, -0.25) is 4.68 Å². The van der Waals surface area contributed by atoms with Gasteiger partial charge in [0.15, 0.2) is 0 Å². The lowest BCUT2D eigenvalue weighted by Gasteiger charge is -2.31. The third-order valence-electron chi connectivity index (χ3n) is 3.79. The van der Waals surface area contributed by atoms with E-state index in [2.05, 4.69) is 61.0 Å². The third-order valence-corrected chi connectivity index (χ3v) is 4.40. The first-order valence-electron chi connectivity index (χ1n) is 6.68. The van der Waals surface area contributed by atoms with Crippen molar-refractivity contribution in [2.45, 2.75) is 47.1 Å². The van der Waals surface area contributed by atoms with Gasteiger partial charge in [-0.2, -0.15) is 5.10 Å². The van der Waals surface area contributed by atoms with Crippen LogP contribution in [0, 0.1) is 11.3 Å². The summed E-state index contributed by atoms with van der Waals surface area (Å²) in [7, 11) is 2.01. The Kier molecular flexibility index (Phi) is 5.41. The first kappa shape index (κ1) is 15.7. The Labute approximate surface area is 119 Å². The Morgan fingerprint density at radius 2 is 2.06 bits per heavy atom. The number of hydrogen-bond donors (Lipinski definition) is 1. The summed E-state index contributed by atoms with van der Waals surface area (Å²) in [5.74, 6) is 0.642. The topological polar surface area (TPSA) is 29.9 Å². The molecule has 0 bridgehead atoms. The van der Waals surface area contributed by atoms with Crippen molar-refractivity contribution in [2.24, 2.45) is 18.4 Å². The first-order chi connectivity index (χ1) is 8.27. The van der Waals surface area contributed by atoms with E-state index in [1.54, 1.807) is 0 Å². The van der Waals surface area contributed by atoms with Gasteiger partial charge >= 0.3 is 0 Å². The number of rotatable bonds is 5. The van der Waals surface area contributed by atoms with Crippen molar-refractivity contribution in [1.29, 1.82) is 0 Å². The molecule has 0 aromatic carbocycles. The Hall–Kier alpha value is -0.350. The smallest absolute Gasteiger partial charge is 0.0692 e. The zero-order chi connectivity index (χ0) is 13.9. The largest absolute Gasteiger partial charge is 0.309 e. The average Bonchev–Trinajstić information content (AvgIpc) is 2.56. The molecule has 0 aliphatic rings. The highest BCUT2D eigenvalue weighted by atomic mass is 79.9. The molecule has 18 heavy (non-hydrogen) atoms. The number of nitrogens with zero attached hydrogens (tertiary/aromatic N) is 2. The van der Waals surface area contributed by atoms with Crippen molar-refractivity contribution < 1.29 is 0 Å². The second kappa shape index (κ2) is 6.20. The van der Waals surface area contributed by atoms with E-state index < -0.39 is 0 Å². The molecule has 0 saturated carbocycles. The minimum Gasteiger partial charge on any atom is -0.309 e. The lowest BCUT2D eigenvalue weighted by molar-refractivity contribution is 0.221. The van der Waals surface area contributed by atoms with Crippen LogP contribution < -0.4 is 5.32 Å². The highest BCUT2D eigenvalue weighted by molar-refractivity contribution is 9.10. The Morgan fingerprint density at radius 1 is 1.44 bits per heavy atom. The molecule has 2 unspecified atom stereocenters. The van der Waals surface area contributed by atoms with Gasteiger partial charge in [0.05, 0.1) is 22.4 Å². The van der Waals surface area contributed by atoms with Crippen LogP contribution in [0.2, 0.25) is 0 Å². The molecule has 1 rings (SSSR count). The summed E-state index contributed by atoms with van der Waals surface area (Å²) in [6.45, 7) is 12.4. The summed E-state index contributed by atoms with van der Waals surface area (Å²) in [6.07, 6.45) is 3.00.